The monoisotopic (exact) mass is 403 g/mol. The SMILES string of the molecule is CCOC(=O)C1=C(C)OC(N)=C(C#N)[C@]12C(=O)Nc1ccc(Br)cc12. The minimum Gasteiger partial charge on any atom is -0.462 e. The number of fused-ring (bicyclic) bond motifs is 2. The fraction of sp³-hybridized carbons (Fsp3) is 0.235. The first-order chi connectivity index (χ1) is 11.9. The molecule has 1 spiro atoms. The fourth-order valence-electron chi connectivity index (χ4n) is 3.25. The summed E-state index contributed by atoms with van der Waals surface area (Å²) in [5, 5.41) is 12.4. The molecule has 3 rings (SSSR count). The Balaban J connectivity index is 2.41. The van der Waals surface area contributed by atoms with Gasteiger partial charge in [-0.05, 0) is 32.0 Å². The summed E-state index contributed by atoms with van der Waals surface area (Å²) in [4.78, 5) is 25.7. The zero-order valence-corrected chi connectivity index (χ0v) is 15.1. The summed E-state index contributed by atoms with van der Waals surface area (Å²) in [6.07, 6.45) is 0. The molecule has 0 saturated heterocycles. The Kier molecular flexibility index (Phi) is 4.05. The Morgan fingerprint density at radius 3 is 2.88 bits per heavy atom. The highest BCUT2D eigenvalue weighted by atomic mass is 79.9. The number of nitrogens with one attached hydrogen (secondary N) is 1. The molecule has 1 aromatic carbocycles. The highest BCUT2D eigenvalue weighted by molar-refractivity contribution is 9.10. The molecule has 0 aliphatic carbocycles. The van der Waals surface area contributed by atoms with Crippen LogP contribution in [0.15, 0.2) is 45.5 Å². The number of ether oxygens (including phenoxy) is 2. The van der Waals surface area contributed by atoms with E-state index < -0.39 is 17.3 Å². The topological polar surface area (TPSA) is 114 Å². The van der Waals surface area contributed by atoms with Crippen molar-refractivity contribution in [3.8, 4) is 6.07 Å². The van der Waals surface area contributed by atoms with Gasteiger partial charge in [0, 0.05) is 15.7 Å². The van der Waals surface area contributed by atoms with Gasteiger partial charge in [-0.2, -0.15) is 5.26 Å². The highest BCUT2D eigenvalue weighted by Crippen LogP contribution is 2.52. The van der Waals surface area contributed by atoms with E-state index in [4.69, 9.17) is 15.2 Å². The van der Waals surface area contributed by atoms with Crippen molar-refractivity contribution in [2.45, 2.75) is 19.3 Å². The van der Waals surface area contributed by atoms with Crippen LogP contribution in [0.4, 0.5) is 5.69 Å². The molecule has 1 atom stereocenters. The van der Waals surface area contributed by atoms with Crippen molar-refractivity contribution in [1.82, 2.24) is 0 Å². The van der Waals surface area contributed by atoms with Gasteiger partial charge < -0.3 is 20.5 Å². The van der Waals surface area contributed by atoms with Crippen molar-refractivity contribution in [3.63, 3.8) is 0 Å². The maximum Gasteiger partial charge on any atom is 0.339 e. The molecule has 0 radical (unpaired) electrons. The van der Waals surface area contributed by atoms with Gasteiger partial charge in [0.15, 0.2) is 5.41 Å². The second-order valence-corrected chi connectivity index (χ2v) is 6.41. The Morgan fingerprint density at radius 2 is 2.24 bits per heavy atom. The van der Waals surface area contributed by atoms with Gasteiger partial charge in [-0.25, -0.2) is 4.79 Å². The van der Waals surface area contributed by atoms with Crippen LogP contribution in [0.5, 0.6) is 0 Å². The van der Waals surface area contributed by atoms with Crippen LogP contribution in [0.2, 0.25) is 0 Å². The highest BCUT2D eigenvalue weighted by Gasteiger charge is 2.59. The maximum absolute atomic E-state index is 13.0. The van der Waals surface area contributed by atoms with Gasteiger partial charge in [-0.3, -0.25) is 4.79 Å². The molecule has 0 saturated carbocycles. The second kappa shape index (κ2) is 5.93. The predicted octanol–water partition coefficient (Wildman–Crippen LogP) is 2.20. The molecule has 8 heteroatoms. The normalized spacial score (nSPS) is 21.6. The molecule has 2 heterocycles. The number of hydrogen-bond acceptors (Lipinski definition) is 6. The lowest BCUT2D eigenvalue weighted by Gasteiger charge is -2.33. The van der Waals surface area contributed by atoms with Crippen LogP contribution in [0.25, 0.3) is 0 Å². The smallest absolute Gasteiger partial charge is 0.339 e. The quantitative estimate of drug-likeness (QED) is 0.731. The van der Waals surface area contributed by atoms with E-state index in [9.17, 15) is 14.9 Å². The summed E-state index contributed by atoms with van der Waals surface area (Å²) < 4.78 is 11.2. The lowest BCUT2D eigenvalue weighted by Crippen LogP contribution is -2.45. The second-order valence-electron chi connectivity index (χ2n) is 5.50. The average Bonchev–Trinajstić information content (AvgIpc) is 2.81. The lowest BCUT2D eigenvalue weighted by molar-refractivity contribution is -0.140. The minimum absolute atomic E-state index is 0.0468. The van der Waals surface area contributed by atoms with E-state index in [-0.39, 0.29) is 29.4 Å². The van der Waals surface area contributed by atoms with Gasteiger partial charge in [-0.15, -0.1) is 0 Å². The Labute approximate surface area is 152 Å². The Bertz CT molecular complexity index is 913. The number of hydrogen-bond donors (Lipinski definition) is 2. The van der Waals surface area contributed by atoms with Gasteiger partial charge in [0.1, 0.15) is 23.0 Å². The molecule has 0 bridgehead atoms. The van der Waals surface area contributed by atoms with Gasteiger partial charge in [-0.1, -0.05) is 15.9 Å². The third kappa shape index (κ3) is 2.23. The molecule has 7 nitrogen and oxygen atoms in total. The van der Waals surface area contributed by atoms with Crippen LogP contribution in [0, 0.1) is 11.3 Å². The van der Waals surface area contributed by atoms with E-state index in [1.54, 1.807) is 25.1 Å². The number of halogens is 1. The number of esters is 1. The van der Waals surface area contributed by atoms with Crippen LogP contribution in [0.3, 0.4) is 0 Å². The first-order valence-corrected chi connectivity index (χ1v) is 8.25. The summed E-state index contributed by atoms with van der Waals surface area (Å²) in [5.74, 6) is -1.37. The lowest BCUT2D eigenvalue weighted by atomic mass is 9.68. The first-order valence-electron chi connectivity index (χ1n) is 7.46. The van der Waals surface area contributed by atoms with E-state index in [0.29, 0.717) is 15.7 Å². The summed E-state index contributed by atoms with van der Waals surface area (Å²) in [6.45, 7) is 3.27. The van der Waals surface area contributed by atoms with E-state index in [2.05, 4.69) is 21.2 Å². The zero-order valence-electron chi connectivity index (χ0n) is 13.5. The van der Waals surface area contributed by atoms with Crippen LogP contribution in [-0.2, 0) is 24.5 Å². The number of allylic oxidation sites excluding steroid dienone is 1. The van der Waals surface area contributed by atoms with Gasteiger partial charge in [0.2, 0.25) is 11.8 Å². The van der Waals surface area contributed by atoms with Crippen molar-refractivity contribution >= 4 is 33.5 Å². The summed E-state index contributed by atoms with van der Waals surface area (Å²) in [7, 11) is 0. The van der Waals surface area contributed by atoms with Gasteiger partial charge in [0.25, 0.3) is 0 Å². The first kappa shape index (κ1) is 17.0. The average molecular weight is 404 g/mol. The minimum atomic E-state index is -1.70. The number of nitriles is 1. The molecule has 128 valence electrons. The number of amides is 1. The zero-order chi connectivity index (χ0) is 18.4. The molecule has 1 amide bonds. The summed E-state index contributed by atoms with van der Waals surface area (Å²) >= 11 is 3.36. The summed E-state index contributed by atoms with van der Waals surface area (Å²) in [6, 6.07) is 7.05. The predicted molar refractivity (Wildman–Crippen MR) is 91.7 cm³/mol. The van der Waals surface area contributed by atoms with E-state index in [1.165, 1.54) is 6.92 Å². The number of nitrogens with two attached hydrogens (primary N) is 1. The van der Waals surface area contributed by atoms with E-state index in [0.717, 1.165) is 0 Å². The van der Waals surface area contributed by atoms with Crippen LogP contribution in [0.1, 0.15) is 19.4 Å². The Hall–Kier alpha value is -2.79. The fourth-order valence-corrected chi connectivity index (χ4v) is 3.61. The molecular formula is C17H14BrN3O4. The third-order valence-corrected chi connectivity index (χ3v) is 4.67. The molecule has 1 aromatic rings. The number of carbonyl (C=O) groups excluding carboxylic acids is 2. The van der Waals surface area contributed by atoms with Crippen molar-refractivity contribution in [1.29, 1.82) is 5.26 Å². The van der Waals surface area contributed by atoms with Crippen molar-refractivity contribution in [2.24, 2.45) is 5.73 Å². The maximum atomic E-state index is 13.0. The van der Waals surface area contributed by atoms with E-state index >= 15 is 0 Å². The molecule has 25 heavy (non-hydrogen) atoms. The molecule has 0 aromatic heterocycles. The number of benzene rings is 1. The Morgan fingerprint density at radius 1 is 1.52 bits per heavy atom. The molecular weight excluding hydrogens is 390 g/mol. The van der Waals surface area contributed by atoms with Gasteiger partial charge in [0.05, 0.1) is 6.61 Å². The number of rotatable bonds is 2. The van der Waals surface area contributed by atoms with Crippen LogP contribution < -0.4 is 11.1 Å². The van der Waals surface area contributed by atoms with Crippen molar-refractivity contribution in [3.05, 3.63) is 51.0 Å². The van der Waals surface area contributed by atoms with Gasteiger partial charge >= 0.3 is 5.97 Å². The van der Waals surface area contributed by atoms with Crippen LogP contribution in [-0.4, -0.2) is 18.5 Å². The van der Waals surface area contributed by atoms with Crippen molar-refractivity contribution < 1.29 is 19.1 Å². The molecule has 0 fully saturated rings. The molecule has 2 aliphatic heterocycles. The largest absolute Gasteiger partial charge is 0.462 e. The number of nitrogens with zero attached hydrogens (tertiary/aromatic N) is 1. The molecule has 2 aliphatic rings. The molecule has 0 unspecified atom stereocenters. The number of carbonyl (C=O) groups is 2. The third-order valence-electron chi connectivity index (χ3n) is 4.18. The standard InChI is InChI=1S/C17H14BrN3O4/c1-3-24-15(22)13-8(2)25-14(20)11(7-19)17(13)10-6-9(18)4-5-12(10)21-16(17)23/h4-6H,3,20H2,1-2H3,(H,21,23)/t17-/m0/s1. The van der Waals surface area contributed by atoms with E-state index in [1.807, 2.05) is 6.07 Å². The van der Waals surface area contributed by atoms with Crippen molar-refractivity contribution in [2.75, 3.05) is 11.9 Å². The summed E-state index contributed by atoms with van der Waals surface area (Å²) in [5.41, 5.74) is 4.93. The van der Waals surface area contributed by atoms with Crippen LogP contribution >= 0.6 is 15.9 Å². The molecule has 3 N–H and O–H groups in total. The number of anilines is 1.